The first-order valence-corrected chi connectivity index (χ1v) is 9.56. The number of nitrogens with zero attached hydrogens (tertiary/aromatic N) is 3. The standard InChI is InChI=1S/C20H27N3O5/c1-15(2)7-10-26-17-11-16(12-21-13-17)23-9-4-8-22(3)14-20(23)27-18(24)5-6-19(25)28-20/h5-6,11-13,15H,4,7-10,14H2,1-3H3. The van der Waals surface area contributed by atoms with Gasteiger partial charge in [0.15, 0.2) is 0 Å². The third-order valence-electron chi connectivity index (χ3n) is 4.65. The van der Waals surface area contributed by atoms with Crippen LogP contribution in [0.4, 0.5) is 5.69 Å². The summed E-state index contributed by atoms with van der Waals surface area (Å²) in [5.74, 6) is -1.64. The van der Waals surface area contributed by atoms with Crippen molar-refractivity contribution >= 4 is 17.6 Å². The predicted molar refractivity (Wildman–Crippen MR) is 103 cm³/mol. The summed E-state index contributed by atoms with van der Waals surface area (Å²) in [5.41, 5.74) is 0.667. The van der Waals surface area contributed by atoms with Gasteiger partial charge in [-0.2, -0.15) is 0 Å². The number of pyridine rings is 1. The van der Waals surface area contributed by atoms with E-state index in [-0.39, 0.29) is 6.54 Å². The molecule has 3 rings (SSSR count). The molecule has 8 nitrogen and oxygen atoms in total. The van der Waals surface area contributed by atoms with Gasteiger partial charge in [0.25, 0.3) is 0 Å². The lowest BCUT2D eigenvalue weighted by Gasteiger charge is -2.41. The molecule has 0 aromatic carbocycles. The van der Waals surface area contributed by atoms with E-state index >= 15 is 0 Å². The maximum atomic E-state index is 12.1. The summed E-state index contributed by atoms with van der Waals surface area (Å²) in [5, 5.41) is 0. The zero-order valence-electron chi connectivity index (χ0n) is 16.6. The molecule has 0 radical (unpaired) electrons. The quantitative estimate of drug-likeness (QED) is 0.707. The van der Waals surface area contributed by atoms with Gasteiger partial charge < -0.3 is 14.2 Å². The molecular formula is C20H27N3O5. The Morgan fingerprint density at radius 2 is 1.89 bits per heavy atom. The van der Waals surface area contributed by atoms with Crippen molar-refractivity contribution in [1.29, 1.82) is 0 Å². The Morgan fingerprint density at radius 3 is 2.57 bits per heavy atom. The van der Waals surface area contributed by atoms with Crippen LogP contribution in [0.15, 0.2) is 30.6 Å². The van der Waals surface area contributed by atoms with E-state index in [0.29, 0.717) is 30.5 Å². The molecule has 0 N–H and O–H groups in total. The van der Waals surface area contributed by atoms with E-state index in [4.69, 9.17) is 14.2 Å². The van der Waals surface area contributed by atoms with Crippen molar-refractivity contribution < 1.29 is 23.8 Å². The first-order valence-electron chi connectivity index (χ1n) is 9.56. The van der Waals surface area contributed by atoms with E-state index < -0.39 is 17.8 Å². The smallest absolute Gasteiger partial charge is 0.356 e. The predicted octanol–water partition coefficient (Wildman–Crippen LogP) is 1.96. The summed E-state index contributed by atoms with van der Waals surface area (Å²) < 4.78 is 17.1. The number of ether oxygens (including phenoxy) is 3. The number of carbonyl (C=O) groups is 2. The van der Waals surface area contributed by atoms with Crippen molar-refractivity contribution in [2.45, 2.75) is 32.6 Å². The normalized spacial score (nSPS) is 19.9. The van der Waals surface area contributed by atoms with Gasteiger partial charge in [-0.05, 0) is 32.4 Å². The molecule has 1 saturated heterocycles. The highest BCUT2D eigenvalue weighted by Gasteiger charge is 2.48. The minimum absolute atomic E-state index is 0.227. The van der Waals surface area contributed by atoms with Crippen molar-refractivity contribution in [1.82, 2.24) is 9.88 Å². The van der Waals surface area contributed by atoms with E-state index in [1.165, 1.54) is 0 Å². The van der Waals surface area contributed by atoms with E-state index in [1.54, 1.807) is 17.3 Å². The third-order valence-corrected chi connectivity index (χ3v) is 4.65. The molecule has 1 fully saturated rings. The second-order valence-corrected chi connectivity index (χ2v) is 7.54. The zero-order valence-corrected chi connectivity index (χ0v) is 16.6. The monoisotopic (exact) mass is 389 g/mol. The Morgan fingerprint density at radius 1 is 1.18 bits per heavy atom. The largest absolute Gasteiger partial charge is 0.492 e. The van der Waals surface area contributed by atoms with Crippen LogP contribution in [0.1, 0.15) is 26.7 Å². The molecule has 0 saturated carbocycles. The lowest BCUT2D eigenvalue weighted by Crippen LogP contribution is -2.59. The van der Waals surface area contributed by atoms with Gasteiger partial charge in [-0.15, -0.1) is 0 Å². The second kappa shape index (κ2) is 8.60. The highest BCUT2D eigenvalue weighted by Crippen LogP contribution is 2.33. The van der Waals surface area contributed by atoms with Crippen molar-refractivity contribution in [2.24, 2.45) is 5.92 Å². The average molecular weight is 389 g/mol. The third kappa shape index (κ3) is 4.81. The summed E-state index contributed by atoms with van der Waals surface area (Å²) in [7, 11) is 1.90. The van der Waals surface area contributed by atoms with Gasteiger partial charge in [0.1, 0.15) is 5.75 Å². The maximum Gasteiger partial charge on any atom is 0.356 e. The summed E-state index contributed by atoms with van der Waals surface area (Å²) >= 11 is 0. The van der Waals surface area contributed by atoms with Gasteiger partial charge in [0.2, 0.25) is 0 Å². The van der Waals surface area contributed by atoms with Crippen molar-refractivity contribution in [3.8, 4) is 5.75 Å². The van der Waals surface area contributed by atoms with Gasteiger partial charge in [-0.1, -0.05) is 13.8 Å². The van der Waals surface area contributed by atoms with Crippen LogP contribution in [-0.2, 0) is 19.1 Å². The van der Waals surface area contributed by atoms with Gasteiger partial charge in [0.05, 0.1) is 31.2 Å². The molecule has 8 heteroatoms. The van der Waals surface area contributed by atoms with Gasteiger partial charge in [-0.25, -0.2) is 9.59 Å². The molecule has 2 aliphatic heterocycles. The summed E-state index contributed by atoms with van der Waals surface area (Å²) in [6.07, 6.45) is 7.21. The van der Waals surface area contributed by atoms with Crippen molar-refractivity contribution in [2.75, 3.05) is 38.2 Å². The lowest BCUT2D eigenvalue weighted by molar-refractivity contribution is -0.223. The molecule has 2 aliphatic rings. The number of hydrogen-bond donors (Lipinski definition) is 0. The first-order chi connectivity index (χ1) is 13.4. The molecule has 0 amide bonds. The molecule has 152 valence electrons. The molecule has 1 aromatic rings. The minimum atomic E-state index is -1.55. The topological polar surface area (TPSA) is 81.2 Å². The SMILES string of the molecule is CC(C)CCOc1cncc(N2CCCN(C)CC23OC(=O)C=CC(=O)O3)c1. The fourth-order valence-corrected chi connectivity index (χ4v) is 3.26. The van der Waals surface area contributed by atoms with Crippen LogP contribution >= 0.6 is 0 Å². The molecular weight excluding hydrogens is 362 g/mol. The summed E-state index contributed by atoms with van der Waals surface area (Å²) in [6.45, 7) is 6.40. The minimum Gasteiger partial charge on any atom is -0.492 e. The Kier molecular flexibility index (Phi) is 6.18. The Labute approximate surface area is 165 Å². The fraction of sp³-hybridized carbons (Fsp3) is 0.550. The van der Waals surface area contributed by atoms with Gasteiger partial charge >= 0.3 is 17.8 Å². The molecule has 0 unspecified atom stereocenters. The average Bonchev–Trinajstić information content (AvgIpc) is 2.87. The molecule has 1 spiro atoms. The van der Waals surface area contributed by atoms with E-state index in [1.807, 2.05) is 18.0 Å². The Balaban J connectivity index is 1.90. The number of aromatic nitrogens is 1. The van der Waals surface area contributed by atoms with Crippen LogP contribution in [0.5, 0.6) is 5.75 Å². The van der Waals surface area contributed by atoms with E-state index in [2.05, 4.69) is 18.8 Å². The van der Waals surface area contributed by atoms with Crippen LogP contribution < -0.4 is 9.64 Å². The van der Waals surface area contributed by atoms with Crippen LogP contribution in [0.2, 0.25) is 0 Å². The van der Waals surface area contributed by atoms with Gasteiger partial charge in [-0.3, -0.25) is 14.8 Å². The second-order valence-electron chi connectivity index (χ2n) is 7.54. The van der Waals surface area contributed by atoms with E-state index in [9.17, 15) is 9.59 Å². The highest BCUT2D eigenvalue weighted by atomic mass is 16.8. The summed E-state index contributed by atoms with van der Waals surface area (Å²) in [4.78, 5) is 32.3. The molecule has 0 bridgehead atoms. The number of rotatable bonds is 5. The molecule has 28 heavy (non-hydrogen) atoms. The Hall–Kier alpha value is -2.61. The number of carbonyl (C=O) groups excluding carboxylic acids is 2. The molecule has 3 heterocycles. The van der Waals surface area contributed by atoms with Crippen LogP contribution in [0.25, 0.3) is 0 Å². The number of esters is 2. The van der Waals surface area contributed by atoms with Crippen LogP contribution in [0, 0.1) is 5.92 Å². The highest BCUT2D eigenvalue weighted by molar-refractivity contribution is 5.93. The molecule has 1 aromatic heterocycles. The zero-order chi connectivity index (χ0) is 20.1. The first kappa shape index (κ1) is 20.1. The lowest BCUT2D eigenvalue weighted by atomic mass is 10.1. The van der Waals surface area contributed by atoms with E-state index in [0.717, 1.165) is 31.5 Å². The van der Waals surface area contributed by atoms with Crippen molar-refractivity contribution in [3.05, 3.63) is 30.6 Å². The van der Waals surface area contributed by atoms with Crippen LogP contribution in [-0.4, -0.2) is 61.0 Å². The summed E-state index contributed by atoms with van der Waals surface area (Å²) in [6, 6.07) is 1.83. The molecule has 0 atom stereocenters. The number of likely N-dealkylation sites (N-methyl/N-ethyl adjacent to an activating group) is 1. The molecule has 0 aliphatic carbocycles. The number of hydrogen-bond acceptors (Lipinski definition) is 8. The van der Waals surface area contributed by atoms with Crippen molar-refractivity contribution in [3.63, 3.8) is 0 Å². The maximum absolute atomic E-state index is 12.1. The van der Waals surface area contributed by atoms with Crippen LogP contribution in [0.3, 0.4) is 0 Å². The number of anilines is 1. The van der Waals surface area contributed by atoms with Gasteiger partial charge in [0, 0.05) is 24.8 Å². The Bertz CT molecular complexity index is 729. The fourth-order valence-electron chi connectivity index (χ4n) is 3.26.